The standard InChI is InChI=1S/C27H22ClF2N3O4S/c1-37-21-10-8-17(9-11-21)22-5-4-12-31-26(22)23(18-13-19(29)15-20(30)14-18)16-32-27(34)33-38(35,36)25-7-3-2-6-24(25)28/h2-15,23H,16H2,1H3,(H2,32,33,34). The van der Waals surface area contributed by atoms with Gasteiger partial charge in [-0.25, -0.2) is 26.7 Å². The second-order valence-corrected chi connectivity index (χ2v) is 10.2. The molecule has 1 atom stereocenters. The van der Waals surface area contributed by atoms with E-state index in [1.165, 1.54) is 24.4 Å². The highest BCUT2D eigenvalue weighted by atomic mass is 35.5. The molecule has 0 fully saturated rings. The Kier molecular flexibility index (Phi) is 8.23. The van der Waals surface area contributed by atoms with Crippen LogP contribution in [0.3, 0.4) is 0 Å². The van der Waals surface area contributed by atoms with Crippen LogP contribution in [0.1, 0.15) is 17.2 Å². The largest absolute Gasteiger partial charge is 0.497 e. The van der Waals surface area contributed by atoms with Gasteiger partial charge in [0.2, 0.25) is 0 Å². The predicted octanol–water partition coefficient (Wildman–Crippen LogP) is 5.51. The zero-order valence-corrected chi connectivity index (χ0v) is 21.6. The molecule has 0 aliphatic carbocycles. The van der Waals surface area contributed by atoms with Crippen LogP contribution in [0.5, 0.6) is 5.75 Å². The number of nitrogens with one attached hydrogen (secondary N) is 2. The van der Waals surface area contributed by atoms with E-state index in [2.05, 4.69) is 10.3 Å². The van der Waals surface area contributed by atoms with Crippen molar-refractivity contribution in [2.45, 2.75) is 10.8 Å². The van der Waals surface area contributed by atoms with E-state index >= 15 is 0 Å². The number of carbonyl (C=O) groups is 1. The Balaban J connectivity index is 1.67. The summed E-state index contributed by atoms with van der Waals surface area (Å²) in [5, 5.41) is 2.43. The van der Waals surface area contributed by atoms with Gasteiger partial charge in [0.15, 0.2) is 0 Å². The van der Waals surface area contributed by atoms with Crippen LogP contribution in [0.15, 0.2) is 90.0 Å². The van der Waals surface area contributed by atoms with Gasteiger partial charge in [0.05, 0.1) is 17.8 Å². The summed E-state index contributed by atoms with van der Waals surface area (Å²) in [6, 6.07) is 18.2. The molecule has 2 amide bonds. The summed E-state index contributed by atoms with van der Waals surface area (Å²) >= 11 is 5.97. The number of hydrogen-bond acceptors (Lipinski definition) is 5. The molecule has 0 spiro atoms. The van der Waals surface area contributed by atoms with Crippen LogP contribution in [-0.4, -0.2) is 33.1 Å². The third-order valence-corrected chi connectivity index (χ3v) is 7.51. The van der Waals surface area contributed by atoms with Crippen molar-refractivity contribution in [1.29, 1.82) is 0 Å². The van der Waals surface area contributed by atoms with E-state index in [-0.39, 0.29) is 22.0 Å². The maximum atomic E-state index is 14.2. The molecule has 1 aromatic heterocycles. The third-order valence-electron chi connectivity index (χ3n) is 5.68. The van der Waals surface area contributed by atoms with Crippen molar-refractivity contribution in [2.24, 2.45) is 0 Å². The monoisotopic (exact) mass is 557 g/mol. The average Bonchev–Trinajstić information content (AvgIpc) is 2.88. The zero-order valence-electron chi connectivity index (χ0n) is 20.0. The van der Waals surface area contributed by atoms with Crippen LogP contribution in [-0.2, 0) is 10.0 Å². The lowest BCUT2D eigenvalue weighted by molar-refractivity contribution is 0.245. The summed E-state index contributed by atoms with van der Waals surface area (Å²) in [7, 11) is -2.74. The van der Waals surface area contributed by atoms with E-state index < -0.39 is 33.6 Å². The molecule has 38 heavy (non-hydrogen) atoms. The minimum Gasteiger partial charge on any atom is -0.497 e. The molecular weight excluding hydrogens is 536 g/mol. The van der Waals surface area contributed by atoms with Crippen molar-refractivity contribution in [1.82, 2.24) is 15.0 Å². The van der Waals surface area contributed by atoms with Gasteiger partial charge >= 0.3 is 6.03 Å². The molecule has 0 saturated heterocycles. The molecule has 11 heteroatoms. The summed E-state index contributed by atoms with van der Waals surface area (Å²) < 4.78 is 60.8. The van der Waals surface area contributed by atoms with Gasteiger partial charge in [-0.3, -0.25) is 4.98 Å². The Morgan fingerprint density at radius 2 is 1.68 bits per heavy atom. The molecule has 2 N–H and O–H groups in total. The van der Waals surface area contributed by atoms with Crippen LogP contribution < -0.4 is 14.8 Å². The third kappa shape index (κ3) is 6.27. The molecule has 196 valence electrons. The van der Waals surface area contributed by atoms with Crippen molar-refractivity contribution >= 4 is 27.7 Å². The number of ether oxygens (including phenoxy) is 1. The average molecular weight is 558 g/mol. The highest BCUT2D eigenvalue weighted by Gasteiger charge is 2.25. The summed E-state index contributed by atoms with van der Waals surface area (Å²) in [4.78, 5) is 16.8. The SMILES string of the molecule is COc1ccc(-c2cccnc2C(CNC(=O)NS(=O)(=O)c2ccccc2Cl)c2cc(F)cc(F)c2)cc1. The highest BCUT2D eigenvalue weighted by molar-refractivity contribution is 7.90. The van der Waals surface area contributed by atoms with Crippen LogP contribution >= 0.6 is 11.6 Å². The first-order valence-electron chi connectivity index (χ1n) is 11.3. The van der Waals surface area contributed by atoms with Gasteiger partial charge in [-0.2, -0.15) is 0 Å². The fraction of sp³-hybridized carbons (Fsp3) is 0.111. The predicted molar refractivity (Wildman–Crippen MR) is 140 cm³/mol. The number of amides is 2. The van der Waals surface area contributed by atoms with Gasteiger partial charge in [0.25, 0.3) is 10.0 Å². The lowest BCUT2D eigenvalue weighted by Crippen LogP contribution is -2.41. The maximum absolute atomic E-state index is 14.2. The van der Waals surface area contributed by atoms with Gasteiger partial charge in [0, 0.05) is 30.3 Å². The molecule has 0 bridgehead atoms. The molecule has 0 aliphatic rings. The van der Waals surface area contributed by atoms with Crippen molar-refractivity contribution in [3.8, 4) is 16.9 Å². The number of hydrogen-bond donors (Lipinski definition) is 2. The molecule has 0 radical (unpaired) electrons. The topological polar surface area (TPSA) is 97.4 Å². The van der Waals surface area contributed by atoms with E-state index in [4.69, 9.17) is 16.3 Å². The Morgan fingerprint density at radius 3 is 2.34 bits per heavy atom. The number of rotatable bonds is 8. The van der Waals surface area contributed by atoms with Crippen molar-refractivity contribution in [2.75, 3.05) is 13.7 Å². The summed E-state index contributed by atoms with van der Waals surface area (Å²) in [6.07, 6.45) is 1.52. The van der Waals surface area contributed by atoms with Crippen molar-refractivity contribution in [3.05, 3.63) is 113 Å². The minimum absolute atomic E-state index is 0.0569. The van der Waals surface area contributed by atoms with E-state index in [1.54, 1.807) is 49.6 Å². The summed E-state index contributed by atoms with van der Waals surface area (Å²) in [5.74, 6) is -1.82. The molecule has 0 aliphatic heterocycles. The first kappa shape index (κ1) is 27.0. The van der Waals surface area contributed by atoms with Crippen molar-refractivity contribution in [3.63, 3.8) is 0 Å². The van der Waals surface area contributed by atoms with Crippen LogP contribution in [0.4, 0.5) is 13.6 Å². The lowest BCUT2D eigenvalue weighted by Gasteiger charge is -2.21. The smallest absolute Gasteiger partial charge is 0.328 e. The number of benzene rings is 3. The van der Waals surface area contributed by atoms with Crippen LogP contribution in [0.25, 0.3) is 11.1 Å². The van der Waals surface area contributed by atoms with Gasteiger partial charge in [0.1, 0.15) is 22.3 Å². The van der Waals surface area contributed by atoms with Crippen LogP contribution in [0, 0.1) is 11.6 Å². The Morgan fingerprint density at radius 1 is 1.00 bits per heavy atom. The van der Waals surface area contributed by atoms with E-state index in [1.807, 2.05) is 4.72 Å². The quantitative estimate of drug-likeness (QED) is 0.298. The van der Waals surface area contributed by atoms with Crippen molar-refractivity contribution < 1.29 is 26.7 Å². The molecular formula is C27H22ClF2N3O4S. The molecule has 1 unspecified atom stereocenters. The molecule has 4 aromatic rings. The number of halogens is 3. The fourth-order valence-electron chi connectivity index (χ4n) is 3.93. The van der Waals surface area contributed by atoms with Gasteiger partial charge in [-0.15, -0.1) is 0 Å². The lowest BCUT2D eigenvalue weighted by atomic mass is 9.89. The normalized spacial score (nSPS) is 12.0. The molecule has 4 rings (SSSR count). The second kappa shape index (κ2) is 11.6. The number of sulfonamides is 1. The highest BCUT2D eigenvalue weighted by Crippen LogP contribution is 2.33. The minimum atomic E-state index is -4.28. The number of nitrogens with zero attached hydrogens (tertiary/aromatic N) is 1. The second-order valence-electron chi connectivity index (χ2n) is 8.17. The number of carbonyl (C=O) groups excluding carboxylic acids is 1. The Labute approximate surface area is 223 Å². The van der Waals surface area contributed by atoms with Gasteiger partial charge < -0.3 is 10.1 Å². The van der Waals surface area contributed by atoms with E-state index in [0.717, 1.165) is 23.8 Å². The maximum Gasteiger partial charge on any atom is 0.328 e. The van der Waals surface area contributed by atoms with E-state index in [9.17, 15) is 22.0 Å². The Hall–Kier alpha value is -4.02. The number of pyridine rings is 1. The fourth-order valence-corrected chi connectivity index (χ4v) is 5.38. The molecule has 7 nitrogen and oxygen atoms in total. The Bertz CT molecular complexity index is 1550. The summed E-state index contributed by atoms with van der Waals surface area (Å²) in [5.41, 5.74) is 2.01. The number of aromatic nitrogens is 1. The first-order chi connectivity index (χ1) is 18.2. The molecule has 1 heterocycles. The summed E-state index contributed by atoms with van der Waals surface area (Å²) in [6.45, 7) is -0.229. The van der Waals surface area contributed by atoms with Crippen LogP contribution in [0.2, 0.25) is 5.02 Å². The zero-order chi connectivity index (χ0) is 27.3. The first-order valence-corrected chi connectivity index (χ1v) is 13.1. The van der Waals surface area contributed by atoms with E-state index in [0.29, 0.717) is 17.0 Å². The van der Waals surface area contributed by atoms with Gasteiger partial charge in [-0.05, 0) is 53.6 Å². The van der Waals surface area contributed by atoms with Gasteiger partial charge in [-0.1, -0.05) is 41.9 Å². The number of urea groups is 1. The number of methoxy groups -OCH3 is 1. The molecule has 0 saturated carbocycles. The molecule has 3 aromatic carbocycles.